The molecule has 1 aromatic rings. The Bertz CT molecular complexity index is 485. The van der Waals surface area contributed by atoms with Gasteiger partial charge in [-0.3, -0.25) is 9.59 Å². The zero-order valence-corrected chi connectivity index (χ0v) is 9.90. The Morgan fingerprint density at radius 2 is 1.94 bits per heavy atom. The maximum atomic E-state index is 11.7. The number of hydrogen-bond acceptors (Lipinski definition) is 3. The summed E-state index contributed by atoms with van der Waals surface area (Å²) in [5.41, 5.74) is 1.59. The summed E-state index contributed by atoms with van der Waals surface area (Å²) in [6.07, 6.45) is 0.232. The van der Waals surface area contributed by atoms with Gasteiger partial charge in [0.2, 0.25) is 0 Å². The minimum absolute atomic E-state index is 0.0381. The number of ketones is 1. The summed E-state index contributed by atoms with van der Waals surface area (Å²) in [4.78, 5) is 23.1. The van der Waals surface area contributed by atoms with E-state index in [1.165, 1.54) is 6.92 Å². The second-order valence-corrected chi connectivity index (χ2v) is 4.17. The fourth-order valence-corrected chi connectivity index (χ4v) is 2.24. The van der Waals surface area contributed by atoms with Crippen LogP contribution in [0, 0.1) is 0 Å². The lowest BCUT2D eigenvalue weighted by Crippen LogP contribution is -2.23. The van der Waals surface area contributed by atoms with Gasteiger partial charge in [-0.2, -0.15) is 0 Å². The van der Waals surface area contributed by atoms with E-state index in [4.69, 9.17) is 4.74 Å². The largest absolute Gasteiger partial charge is 0.431 e. The van der Waals surface area contributed by atoms with Crippen LogP contribution < -0.4 is 0 Å². The molecule has 0 saturated carbocycles. The Morgan fingerprint density at radius 3 is 2.53 bits per heavy atom. The van der Waals surface area contributed by atoms with Crippen molar-refractivity contribution in [1.82, 2.24) is 0 Å². The summed E-state index contributed by atoms with van der Waals surface area (Å²) < 4.78 is 5.03. The monoisotopic (exact) mass is 230 g/mol. The van der Waals surface area contributed by atoms with E-state index < -0.39 is 0 Å². The number of ether oxygens (including phenoxy) is 1. The molecule has 3 nitrogen and oxygen atoms in total. The summed E-state index contributed by atoms with van der Waals surface area (Å²) >= 11 is 0. The number of esters is 1. The molecule has 0 radical (unpaired) electrons. The lowest BCUT2D eigenvalue weighted by molar-refractivity contribution is -0.141. The van der Waals surface area contributed by atoms with E-state index in [9.17, 15) is 9.59 Å². The van der Waals surface area contributed by atoms with Gasteiger partial charge in [0.1, 0.15) is 5.76 Å². The Hall–Kier alpha value is -1.90. The van der Waals surface area contributed by atoms with Crippen molar-refractivity contribution in [2.45, 2.75) is 26.2 Å². The van der Waals surface area contributed by atoms with Gasteiger partial charge in [-0.1, -0.05) is 30.3 Å². The van der Waals surface area contributed by atoms with Crippen molar-refractivity contribution in [2.24, 2.45) is 0 Å². The molecule has 0 N–H and O–H groups in total. The molecule has 3 heteroatoms. The predicted octanol–water partition coefficient (Wildman–Crippen LogP) is 2.58. The maximum Gasteiger partial charge on any atom is 0.311 e. The second kappa shape index (κ2) is 4.53. The molecule has 0 saturated heterocycles. The zero-order valence-electron chi connectivity index (χ0n) is 9.90. The molecule has 1 aliphatic rings. The van der Waals surface area contributed by atoms with Gasteiger partial charge >= 0.3 is 5.97 Å². The van der Waals surface area contributed by atoms with E-state index in [0.717, 1.165) is 5.56 Å². The van der Waals surface area contributed by atoms with Crippen LogP contribution in [0.3, 0.4) is 0 Å². The zero-order chi connectivity index (χ0) is 12.4. The van der Waals surface area contributed by atoms with Gasteiger partial charge in [-0.15, -0.1) is 0 Å². The van der Waals surface area contributed by atoms with E-state index in [1.807, 2.05) is 30.3 Å². The van der Waals surface area contributed by atoms with Crippen LogP contribution in [0.15, 0.2) is 41.7 Å². The average molecular weight is 230 g/mol. The summed E-state index contributed by atoms with van der Waals surface area (Å²) in [6, 6.07) is 9.58. The van der Waals surface area contributed by atoms with E-state index in [2.05, 4.69) is 0 Å². The van der Waals surface area contributed by atoms with Crippen molar-refractivity contribution >= 4 is 11.8 Å². The fourth-order valence-electron chi connectivity index (χ4n) is 2.24. The Kier molecular flexibility index (Phi) is 3.09. The van der Waals surface area contributed by atoms with Crippen LogP contribution in [0.25, 0.3) is 0 Å². The first-order valence-electron chi connectivity index (χ1n) is 5.57. The van der Waals surface area contributed by atoms with Gasteiger partial charge in [-0.05, 0) is 19.4 Å². The van der Waals surface area contributed by atoms with Crippen LogP contribution in [0.4, 0.5) is 0 Å². The number of rotatable bonds is 2. The normalized spacial score (nSPS) is 20.1. The van der Waals surface area contributed by atoms with Gasteiger partial charge in [0.05, 0.1) is 6.42 Å². The molecule has 1 atom stereocenters. The molecule has 1 unspecified atom stereocenters. The second-order valence-electron chi connectivity index (χ2n) is 4.17. The molecule has 88 valence electrons. The Morgan fingerprint density at radius 1 is 1.29 bits per heavy atom. The Labute approximate surface area is 100 Å². The molecule has 0 amide bonds. The molecular formula is C14H14O3. The number of allylic oxidation sites excluding steroid dienone is 2. The average Bonchev–Trinajstić information content (AvgIpc) is 2.28. The predicted molar refractivity (Wildman–Crippen MR) is 63.3 cm³/mol. The van der Waals surface area contributed by atoms with Gasteiger partial charge in [0, 0.05) is 11.5 Å². The maximum absolute atomic E-state index is 11.7. The molecule has 0 spiro atoms. The molecular weight excluding hydrogens is 216 g/mol. The van der Waals surface area contributed by atoms with Gasteiger partial charge in [0.25, 0.3) is 0 Å². The van der Waals surface area contributed by atoms with Crippen molar-refractivity contribution in [3.05, 3.63) is 47.2 Å². The third-order valence-electron chi connectivity index (χ3n) is 2.95. The van der Waals surface area contributed by atoms with Crippen molar-refractivity contribution in [3.8, 4) is 0 Å². The number of carbonyl (C=O) groups excluding carboxylic acids is 2. The van der Waals surface area contributed by atoms with Crippen LogP contribution >= 0.6 is 0 Å². The molecule has 0 aromatic heterocycles. The molecule has 2 rings (SSSR count). The highest BCUT2D eigenvalue weighted by molar-refractivity contribution is 5.97. The van der Waals surface area contributed by atoms with Crippen LogP contribution in [0.5, 0.6) is 0 Å². The van der Waals surface area contributed by atoms with Crippen molar-refractivity contribution in [3.63, 3.8) is 0 Å². The number of cyclic esters (lactones) is 1. The van der Waals surface area contributed by atoms with E-state index in [-0.39, 0.29) is 24.1 Å². The number of benzene rings is 1. The molecule has 17 heavy (non-hydrogen) atoms. The lowest BCUT2D eigenvalue weighted by Gasteiger charge is -2.25. The third kappa shape index (κ3) is 2.28. The lowest BCUT2D eigenvalue weighted by atomic mass is 9.84. The van der Waals surface area contributed by atoms with E-state index in [1.54, 1.807) is 6.92 Å². The summed E-state index contributed by atoms with van der Waals surface area (Å²) in [6.45, 7) is 3.18. The summed E-state index contributed by atoms with van der Waals surface area (Å²) in [5, 5.41) is 0. The highest BCUT2D eigenvalue weighted by Gasteiger charge is 2.31. The number of carbonyl (C=O) groups is 2. The van der Waals surface area contributed by atoms with Crippen molar-refractivity contribution < 1.29 is 14.3 Å². The molecule has 1 aromatic carbocycles. The summed E-state index contributed by atoms with van der Waals surface area (Å²) in [7, 11) is 0. The molecule has 0 aliphatic carbocycles. The topological polar surface area (TPSA) is 43.4 Å². The SMILES string of the molecule is CC(=O)C1=C(C)OC(=O)CC1c1ccccc1. The van der Waals surface area contributed by atoms with Crippen molar-refractivity contribution in [2.75, 3.05) is 0 Å². The fraction of sp³-hybridized carbons (Fsp3) is 0.286. The standard InChI is InChI=1S/C14H14O3/c1-9(15)14-10(2)17-13(16)8-12(14)11-6-4-3-5-7-11/h3-7,12H,8H2,1-2H3. The first-order chi connectivity index (χ1) is 8.09. The van der Waals surface area contributed by atoms with Crippen molar-refractivity contribution in [1.29, 1.82) is 0 Å². The molecule has 1 aliphatic heterocycles. The third-order valence-corrected chi connectivity index (χ3v) is 2.95. The first kappa shape index (κ1) is 11.6. The number of hydrogen-bond donors (Lipinski definition) is 0. The highest BCUT2D eigenvalue weighted by Crippen LogP contribution is 2.35. The molecule has 0 bridgehead atoms. The van der Waals surface area contributed by atoms with Gasteiger partial charge < -0.3 is 4.74 Å². The number of Topliss-reactive ketones (excluding diaryl/α,β-unsaturated/α-hetero) is 1. The quantitative estimate of drug-likeness (QED) is 0.733. The smallest absolute Gasteiger partial charge is 0.311 e. The van der Waals surface area contributed by atoms with Gasteiger partial charge in [-0.25, -0.2) is 0 Å². The van der Waals surface area contributed by atoms with Crippen LogP contribution in [-0.2, 0) is 14.3 Å². The molecule has 1 heterocycles. The van der Waals surface area contributed by atoms with Crippen LogP contribution in [-0.4, -0.2) is 11.8 Å². The van der Waals surface area contributed by atoms with Crippen LogP contribution in [0.1, 0.15) is 31.7 Å². The Balaban J connectivity index is 2.47. The van der Waals surface area contributed by atoms with Crippen LogP contribution in [0.2, 0.25) is 0 Å². The van der Waals surface area contributed by atoms with E-state index >= 15 is 0 Å². The minimum atomic E-state index is -0.277. The first-order valence-corrected chi connectivity index (χ1v) is 5.57. The minimum Gasteiger partial charge on any atom is -0.431 e. The summed E-state index contributed by atoms with van der Waals surface area (Å²) in [5.74, 6) is -0.0530. The van der Waals surface area contributed by atoms with Gasteiger partial charge in [0.15, 0.2) is 5.78 Å². The highest BCUT2D eigenvalue weighted by atomic mass is 16.5. The van der Waals surface area contributed by atoms with E-state index in [0.29, 0.717) is 11.3 Å². The molecule has 0 fully saturated rings.